The van der Waals surface area contributed by atoms with Gasteiger partial charge >= 0.3 is 5.97 Å². The van der Waals surface area contributed by atoms with E-state index in [0.717, 1.165) is 44.9 Å². The van der Waals surface area contributed by atoms with Crippen molar-refractivity contribution in [3.05, 3.63) is 24.3 Å². The van der Waals surface area contributed by atoms with Crippen LogP contribution in [0.2, 0.25) is 0 Å². The molecule has 2 atom stereocenters. The van der Waals surface area contributed by atoms with Gasteiger partial charge in [0.25, 0.3) is 7.82 Å². The third-order valence-electron chi connectivity index (χ3n) is 11.0. The number of quaternary nitrogens is 1. The number of hydrogen-bond acceptors (Lipinski definition) is 7. The van der Waals surface area contributed by atoms with Gasteiger partial charge in [0.05, 0.1) is 34.4 Å². The fraction of sp³-hybridized carbons (Fsp3) is 0.900. The standard InChI is InChI=1S/C50H98NO7P/c1-6-8-10-12-14-16-18-20-22-24-25-26-28-30-32-34-36-38-40-42-45-55-47-49(48-57-59(53,54)56-46-44-51(3,4)5)58-50(52)43-41-39-37-35-33-31-29-27-23-21-19-17-15-13-11-9-7-2/h15,17,21,23,49H,6-14,16,18-20,22,24-48H2,1-5H3/b17-15-,23-21-. The molecule has 0 N–H and O–H groups in total. The maximum absolute atomic E-state index is 12.7. The number of phosphoric acid groups is 1. The van der Waals surface area contributed by atoms with Crippen molar-refractivity contribution in [1.82, 2.24) is 0 Å². The predicted molar refractivity (Wildman–Crippen MR) is 250 cm³/mol. The average Bonchev–Trinajstić information content (AvgIpc) is 3.19. The Balaban J connectivity index is 4.13. The first-order valence-electron chi connectivity index (χ1n) is 25.1. The lowest BCUT2D eigenvalue weighted by molar-refractivity contribution is -0.870. The summed E-state index contributed by atoms with van der Waals surface area (Å²) in [7, 11) is 1.36. The van der Waals surface area contributed by atoms with E-state index in [1.807, 2.05) is 21.1 Å². The second kappa shape index (κ2) is 43.6. The predicted octanol–water partition coefficient (Wildman–Crippen LogP) is 14.5. The van der Waals surface area contributed by atoms with E-state index in [1.54, 1.807) is 0 Å². The van der Waals surface area contributed by atoms with Gasteiger partial charge in [-0.2, -0.15) is 0 Å². The molecule has 350 valence electrons. The van der Waals surface area contributed by atoms with Crippen LogP contribution in [0.5, 0.6) is 0 Å². The average molecular weight is 856 g/mol. The molecule has 0 aliphatic heterocycles. The van der Waals surface area contributed by atoms with Gasteiger partial charge in [0.1, 0.15) is 19.3 Å². The molecule has 2 unspecified atom stereocenters. The van der Waals surface area contributed by atoms with Gasteiger partial charge in [0.2, 0.25) is 0 Å². The minimum absolute atomic E-state index is 0.0266. The summed E-state index contributed by atoms with van der Waals surface area (Å²) < 4.78 is 34.7. The highest BCUT2D eigenvalue weighted by atomic mass is 31.2. The Hall–Kier alpha value is -1.02. The molecule has 0 saturated carbocycles. The van der Waals surface area contributed by atoms with E-state index in [0.29, 0.717) is 24.1 Å². The molecule has 0 radical (unpaired) electrons. The van der Waals surface area contributed by atoms with Crippen LogP contribution in [0, 0.1) is 0 Å². The third-order valence-corrected chi connectivity index (χ3v) is 12.0. The molecule has 0 aliphatic carbocycles. The molecule has 0 bridgehead atoms. The largest absolute Gasteiger partial charge is 0.756 e. The van der Waals surface area contributed by atoms with Gasteiger partial charge in [-0.1, -0.05) is 205 Å². The first-order chi connectivity index (χ1) is 28.6. The van der Waals surface area contributed by atoms with E-state index >= 15 is 0 Å². The number of rotatable bonds is 47. The molecule has 0 amide bonds. The Morgan fingerprint density at radius 1 is 0.525 bits per heavy atom. The number of ether oxygens (including phenoxy) is 2. The Labute approximate surface area is 366 Å². The van der Waals surface area contributed by atoms with Crippen molar-refractivity contribution in [2.75, 3.05) is 54.1 Å². The molecule has 0 fully saturated rings. The van der Waals surface area contributed by atoms with Crippen molar-refractivity contribution in [3.8, 4) is 0 Å². The SMILES string of the molecule is CCCCC/C=C\C/C=C\CCCCCCCCCC(=O)OC(COCCCCCCCCCCCCCCCCCCCCCC)COP(=O)([O-])OCC[N+](C)(C)C. The Bertz CT molecular complexity index is 998. The van der Waals surface area contributed by atoms with Gasteiger partial charge in [-0.3, -0.25) is 9.36 Å². The second-order valence-corrected chi connectivity index (χ2v) is 19.6. The molecule has 0 aromatic carbocycles. The quantitative estimate of drug-likeness (QED) is 0.0198. The van der Waals surface area contributed by atoms with Crippen LogP contribution in [0.15, 0.2) is 24.3 Å². The van der Waals surface area contributed by atoms with E-state index in [9.17, 15) is 14.3 Å². The number of unbranched alkanes of at least 4 members (excludes halogenated alkanes) is 29. The third kappa shape index (κ3) is 47.9. The molecule has 0 saturated heterocycles. The maximum Gasteiger partial charge on any atom is 0.306 e. The van der Waals surface area contributed by atoms with Crippen molar-refractivity contribution in [2.45, 2.75) is 238 Å². The molecule has 0 rings (SSSR count). The zero-order chi connectivity index (χ0) is 43.4. The Kier molecular flexibility index (Phi) is 42.9. The first-order valence-corrected chi connectivity index (χ1v) is 26.5. The van der Waals surface area contributed by atoms with Gasteiger partial charge < -0.3 is 27.9 Å². The molecular weight excluding hydrogens is 758 g/mol. The lowest BCUT2D eigenvalue weighted by Gasteiger charge is -2.28. The fourth-order valence-electron chi connectivity index (χ4n) is 7.11. The summed E-state index contributed by atoms with van der Waals surface area (Å²) in [5, 5.41) is 0. The van der Waals surface area contributed by atoms with Gasteiger partial charge in [-0.05, 0) is 44.9 Å². The molecule has 0 aromatic rings. The zero-order valence-corrected chi connectivity index (χ0v) is 40.6. The lowest BCUT2D eigenvalue weighted by Crippen LogP contribution is -2.37. The molecule has 59 heavy (non-hydrogen) atoms. The number of likely N-dealkylation sites (N-methyl/N-ethyl adjacent to an activating group) is 1. The van der Waals surface area contributed by atoms with E-state index < -0.39 is 13.9 Å². The van der Waals surface area contributed by atoms with Crippen LogP contribution in [0.4, 0.5) is 0 Å². The Morgan fingerprint density at radius 3 is 1.41 bits per heavy atom. The molecule has 0 spiro atoms. The van der Waals surface area contributed by atoms with Crippen LogP contribution in [-0.4, -0.2) is 70.7 Å². The fourth-order valence-corrected chi connectivity index (χ4v) is 7.84. The van der Waals surface area contributed by atoms with Crippen LogP contribution >= 0.6 is 7.82 Å². The molecule has 0 aliphatic rings. The number of nitrogens with zero attached hydrogens (tertiary/aromatic N) is 1. The summed E-state index contributed by atoms with van der Waals surface area (Å²) in [4.78, 5) is 25.1. The van der Waals surface area contributed by atoms with Crippen molar-refractivity contribution >= 4 is 13.8 Å². The van der Waals surface area contributed by atoms with E-state index in [4.69, 9.17) is 18.5 Å². The van der Waals surface area contributed by atoms with Crippen LogP contribution < -0.4 is 4.89 Å². The van der Waals surface area contributed by atoms with E-state index in [1.165, 1.54) is 167 Å². The summed E-state index contributed by atoms with van der Waals surface area (Å²) in [5.74, 6) is -0.338. The minimum atomic E-state index is -4.53. The highest BCUT2D eigenvalue weighted by Crippen LogP contribution is 2.38. The maximum atomic E-state index is 12.7. The van der Waals surface area contributed by atoms with Gasteiger partial charge in [-0.15, -0.1) is 0 Å². The van der Waals surface area contributed by atoms with Crippen molar-refractivity contribution in [1.29, 1.82) is 0 Å². The Morgan fingerprint density at radius 2 is 0.932 bits per heavy atom. The van der Waals surface area contributed by atoms with Crippen LogP contribution in [0.3, 0.4) is 0 Å². The molecule has 9 heteroatoms. The molecule has 8 nitrogen and oxygen atoms in total. The zero-order valence-electron chi connectivity index (χ0n) is 39.7. The van der Waals surface area contributed by atoms with Crippen LogP contribution in [0.1, 0.15) is 232 Å². The van der Waals surface area contributed by atoms with Gasteiger partial charge in [0.15, 0.2) is 0 Å². The van der Waals surface area contributed by atoms with E-state index in [2.05, 4.69) is 38.2 Å². The molecule has 0 aromatic heterocycles. The topological polar surface area (TPSA) is 94.1 Å². The summed E-state index contributed by atoms with van der Waals surface area (Å²) in [5.41, 5.74) is 0. The molecular formula is C50H98NO7P. The summed E-state index contributed by atoms with van der Waals surface area (Å²) in [6.07, 6.45) is 50.5. The number of carbonyl (C=O) groups excluding carboxylic acids is 1. The number of esters is 1. The van der Waals surface area contributed by atoms with Crippen LogP contribution in [0.25, 0.3) is 0 Å². The number of hydrogen-bond donors (Lipinski definition) is 0. The highest BCUT2D eigenvalue weighted by Gasteiger charge is 2.20. The number of allylic oxidation sites excluding steroid dienone is 4. The smallest absolute Gasteiger partial charge is 0.306 e. The minimum Gasteiger partial charge on any atom is -0.756 e. The van der Waals surface area contributed by atoms with Gasteiger partial charge in [-0.25, -0.2) is 0 Å². The monoisotopic (exact) mass is 856 g/mol. The summed E-state index contributed by atoms with van der Waals surface area (Å²) >= 11 is 0. The second-order valence-electron chi connectivity index (χ2n) is 18.2. The van der Waals surface area contributed by atoms with Crippen molar-refractivity contribution < 1.29 is 37.3 Å². The van der Waals surface area contributed by atoms with Crippen molar-refractivity contribution in [2.24, 2.45) is 0 Å². The number of phosphoric ester groups is 1. The lowest BCUT2D eigenvalue weighted by atomic mass is 10.0. The summed E-state index contributed by atoms with van der Waals surface area (Å²) in [6.45, 7) is 5.42. The first kappa shape index (κ1) is 58.0. The number of carbonyl (C=O) groups is 1. The highest BCUT2D eigenvalue weighted by molar-refractivity contribution is 7.45. The van der Waals surface area contributed by atoms with Crippen molar-refractivity contribution in [3.63, 3.8) is 0 Å². The van der Waals surface area contributed by atoms with Gasteiger partial charge in [0, 0.05) is 13.0 Å². The normalized spacial score (nSPS) is 13.8. The summed E-state index contributed by atoms with van der Waals surface area (Å²) in [6, 6.07) is 0. The van der Waals surface area contributed by atoms with E-state index in [-0.39, 0.29) is 25.8 Å². The molecule has 0 heterocycles. The van der Waals surface area contributed by atoms with Crippen LogP contribution in [-0.2, 0) is 27.9 Å².